The van der Waals surface area contributed by atoms with E-state index in [0.717, 1.165) is 51.4 Å². The van der Waals surface area contributed by atoms with Gasteiger partial charge in [-0.05, 0) is 12.1 Å². The fourth-order valence-corrected chi connectivity index (χ4v) is 3.23. The molecule has 0 unspecified atom stereocenters. The van der Waals surface area contributed by atoms with Crippen molar-refractivity contribution in [2.45, 2.75) is 6.54 Å². The van der Waals surface area contributed by atoms with Gasteiger partial charge in [-0.15, -0.1) is 0 Å². The first-order valence-corrected chi connectivity index (χ1v) is 9.60. The van der Waals surface area contributed by atoms with Crippen LogP contribution in [0, 0.1) is 0 Å². The van der Waals surface area contributed by atoms with Crippen LogP contribution in [0.25, 0.3) is 0 Å². The molecular formula is C20H22N4O6. The van der Waals surface area contributed by atoms with E-state index in [9.17, 15) is 19.5 Å². The molecule has 3 fully saturated rings. The molecule has 10 heteroatoms. The number of carboxylic acids is 1. The number of phenols is 2. The quantitative estimate of drug-likeness (QED) is 0.281. The smallest absolute Gasteiger partial charge is 0.339 e. The van der Waals surface area contributed by atoms with Crippen LogP contribution >= 0.6 is 0 Å². The maximum Gasteiger partial charge on any atom is 0.339 e. The summed E-state index contributed by atoms with van der Waals surface area (Å²) in [6.07, 6.45) is 1.52. The van der Waals surface area contributed by atoms with Gasteiger partial charge in [0.1, 0.15) is 28.5 Å². The molecule has 4 aliphatic rings. The number of hydrogen-bond donors (Lipinski definition) is 4. The number of rotatable bonds is 5. The summed E-state index contributed by atoms with van der Waals surface area (Å²) in [6.45, 7) is 5.45. The average Bonchev–Trinajstić information content (AvgIpc) is 3.57. The highest BCUT2D eigenvalue weighted by molar-refractivity contribution is 6.22. The Morgan fingerprint density at radius 1 is 0.900 bits per heavy atom. The Hall–Kier alpha value is -3.53. The second kappa shape index (κ2) is 7.38. The number of Topliss-reactive ketones (excluding diaryl/α,β-unsaturated/α-hetero) is 1. The van der Waals surface area contributed by atoms with Gasteiger partial charge in [-0.3, -0.25) is 9.59 Å². The van der Waals surface area contributed by atoms with Crippen LogP contribution in [0.5, 0.6) is 11.5 Å². The molecule has 3 aliphatic heterocycles. The number of carbonyl (C=O) groups excluding carboxylic acids is 2. The molecule has 3 heterocycles. The van der Waals surface area contributed by atoms with Crippen LogP contribution < -0.4 is 5.73 Å². The molecule has 5 N–H and O–H groups in total. The molecule has 0 aromatic heterocycles. The van der Waals surface area contributed by atoms with Crippen LogP contribution in [-0.4, -0.2) is 86.8 Å². The number of ketones is 2. The lowest BCUT2D eigenvalue weighted by molar-refractivity contribution is -0.117. The van der Waals surface area contributed by atoms with Crippen molar-refractivity contribution < 1.29 is 29.7 Å². The Morgan fingerprint density at radius 2 is 1.47 bits per heavy atom. The maximum atomic E-state index is 12.4. The first-order chi connectivity index (χ1) is 14.3. The number of carboxylic acid groups (broad SMARTS) is 1. The van der Waals surface area contributed by atoms with E-state index in [1.54, 1.807) is 0 Å². The van der Waals surface area contributed by atoms with Gasteiger partial charge >= 0.3 is 5.97 Å². The molecule has 5 rings (SSSR count). The molecule has 158 valence electrons. The predicted molar refractivity (Wildman–Crippen MR) is 104 cm³/mol. The number of benzene rings is 1. The number of hydrogen-bond acceptors (Lipinski definition) is 9. The molecule has 0 atom stereocenters. The van der Waals surface area contributed by atoms with Gasteiger partial charge in [-0.25, -0.2) is 4.79 Å². The third-order valence-corrected chi connectivity index (χ3v) is 5.14. The van der Waals surface area contributed by atoms with E-state index in [-0.39, 0.29) is 29.4 Å². The van der Waals surface area contributed by atoms with Gasteiger partial charge in [0, 0.05) is 57.5 Å². The van der Waals surface area contributed by atoms with E-state index in [1.807, 2.05) is 14.7 Å². The molecule has 0 bridgehead atoms. The van der Waals surface area contributed by atoms with Crippen LogP contribution in [0.2, 0.25) is 0 Å². The number of nitrogens with two attached hydrogens (primary N) is 1. The minimum atomic E-state index is -1.30. The summed E-state index contributed by atoms with van der Waals surface area (Å²) in [5, 5.41) is 26.9. The van der Waals surface area contributed by atoms with Gasteiger partial charge < -0.3 is 35.8 Å². The van der Waals surface area contributed by atoms with Crippen molar-refractivity contribution in [3.63, 3.8) is 0 Å². The average molecular weight is 414 g/mol. The topological polar surface area (TPSA) is 147 Å². The molecule has 1 aliphatic carbocycles. The molecule has 1 aromatic rings. The first kappa shape index (κ1) is 19.8. The SMILES string of the molecule is NCc1cc(O)c(C(=O)O)cc1O.O=C1C=C(N2CC2)C(=O)C(N2CC2)=C1N1CC1. The summed E-state index contributed by atoms with van der Waals surface area (Å²) < 4.78 is 0. The van der Waals surface area contributed by atoms with E-state index < -0.39 is 11.7 Å². The minimum absolute atomic E-state index is 0.00546. The molecule has 3 saturated heterocycles. The molecule has 0 saturated carbocycles. The van der Waals surface area contributed by atoms with Gasteiger partial charge in [0.05, 0.1) is 5.70 Å². The maximum absolute atomic E-state index is 12.4. The van der Waals surface area contributed by atoms with E-state index in [1.165, 1.54) is 6.08 Å². The summed E-state index contributed by atoms with van der Waals surface area (Å²) in [5.74, 6) is -1.87. The minimum Gasteiger partial charge on any atom is -0.508 e. The zero-order chi connectivity index (χ0) is 21.6. The van der Waals surface area contributed by atoms with Gasteiger partial charge in [0.25, 0.3) is 0 Å². The zero-order valence-corrected chi connectivity index (χ0v) is 16.2. The van der Waals surface area contributed by atoms with Crippen LogP contribution in [0.3, 0.4) is 0 Å². The summed E-state index contributed by atoms with van der Waals surface area (Å²) in [6, 6.07) is 2.11. The van der Waals surface area contributed by atoms with E-state index in [4.69, 9.17) is 15.9 Å². The third-order valence-electron chi connectivity index (χ3n) is 5.14. The lowest BCUT2D eigenvalue weighted by atomic mass is 10.0. The largest absolute Gasteiger partial charge is 0.508 e. The van der Waals surface area contributed by atoms with E-state index in [0.29, 0.717) is 22.7 Å². The standard InChI is InChI=1S/C12H13N3O2.C8H9NO4/c16-9-7-8(13-1-2-13)12(17)11(15-5-6-15)10(9)14-3-4-14;9-3-4-1-7(11)5(8(12)13)2-6(4)10/h7H,1-6H2;1-2,10-11H,3,9H2,(H,12,13). The Morgan fingerprint density at radius 3 is 1.97 bits per heavy atom. The second-order valence-electron chi connectivity index (χ2n) is 7.39. The highest BCUT2D eigenvalue weighted by Crippen LogP contribution is 2.34. The number of phenolic OH excluding ortho intramolecular Hbond substituents is 1. The van der Waals surface area contributed by atoms with Crippen LogP contribution in [0.15, 0.2) is 35.3 Å². The Labute approximate surface area is 172 Å². The molecule has 1 aromatic carbocycles. The number of aromatic hydroxyl groups is 2. The zero-order valence-electron chi connectivity index (χ0n) is 16.2. The lowest BCUT2D eigenvalue weighted by Gasteiger charge is -2.21. The van der Waals surface area contributed by atoms with Gasteiger partial charge in [-0.1, -0.05) is 0 Å². The molecule has 30 heavy (non-hydrogen) atoms. The van der Waals surface area contributed by atoms with E-state index >= 15 is 0 Å². The fraction of sp³-hybridized carbons (Fsp3) is 0.350. The number of nitrogens with zero attached hydrogens (tertiary/aromatic N) is 3. The summed E-state index contributed by atoms with van der Waals surface area (Å²) >= 11 is 0. The molecular weight excluding hydrogens is 392 g/mol. The fourth-order valence-electron chi connectivity index (χ4n) is 3.23. The molecule has 10 nitrogen and oxygen atoms in total. The normalized spacial score (nSPS) is 19.4. The number of aromatic carboxylic acids is 1. The van der Waals surface area contributed by atoms with Gasteiger partial charge in [0.15, 0.2) is 0 Å². The van der Waals surface area contributed by atoms with Crippen LogP contribution in [-0.2, 0) is 16.1 Å². The second-order valence-corrected chi connectivity index (χ2v) is 7.39. The number of allylic oxidation sites excluding steroid dienone is 1. The summed E-state index contributed by atoms with van der Waals surface area (Å²) in [5.41, 5.74) is 7.08. The van der Waals surface area contributed by atoms with Crippen LogP contribution in [0.1, 0.15) is 15.9 Å². The van der Waals surface area contributed by atoms with Crippen molar-refractivity contribution >= 4 is 17.5 Å². The highest BCUT2D eigenvalue weighted by Gasteiger charge is 2.43. The van der Waals surface area contributed by atoms with E-state index in [2.05, 4.69) is 0 Å². The van der Waals surface area contributed by atoms with Crippen molar-refractivity contribution in [1.82, 2.24) is 14.7 Å². The summed E-state index contributed by atoms with van der Waals surface area (Å²) in [7, 11) is 0. The Bertz CT molecular complexity index is 1000. The van der Waals surface area contributed by atoms with Crippen LogP contribution in [0.4, 0.5) is 0 Å². The van der Waals surface area contributed by atoms with Crippen molar-refractivity contribution in [2.75, 3.05) is 39.3 Å². The van der Waals surface area contributed by atoms with Crippen molar-refractivity contribution in [2.24, 2.45) is 5.73 Å². The van der Waals surface area contributed by atoms with Crippen molar-refractivity contribution in [1.29, 1.82) is 0 Å². The van der Waals surface area contributed by atoms with Gasteiger partial charge in [0.2, 0.25) is 11.6 Å². The highest BCUT2D eigenvalue weighted by atomic mass is 16.4. The first-order valence-electron chi connectivity index (χ1n) is 9.60. The predicted octanol–water partition coefficient (Wildman–Crippen LogP) is -0.565. The molecule has 0 spiro atoms. The number of carbonyl (C=O) groups is 3. The third kappa shape index (κ3) is 3.81. The lowest BCUT2D eigenvalue weighted by Crippen LogP contribution is -2.29. The Balaban J connectivity index is 0.000000152. The van der Waals surface area contributed by atoms with Crippen molar-refractivity contribution in [3.8, 4) is 11.5 Å². The monoisotopic (exact) mass is 414 g/mol. The summed E-state index contributed by atoms with van der Waals surface area (Å²) in [4.78, 5) is 40.9. The Kier molecular flexibility index (Phi) is 4.86. The van der Waals surface area contributed by atoms with Crippen molar-refractivity contribution in [3.05, 3.63) is 46.4 Å². The molecule has 0 amide bonds. The van der Waals surface area contributed by atoms with Gasteiger partial charge in [-0.2, -0.15) is 0 Å². The molecule has 0 radical (unpaired) electrons.